The molecule has 0 aliphatic carbocycles. The van der Waals surface area contributed by atoms with Gasteiger partial charge in [-0.05, 0) is 24.5 Å². The molecule has 0 heterocycles. The summed E-state index contributed by atoms with van der Waals surface area (Å²) in [4.78, 5) is 22.9. The number of hydrogen-bond donors (Lipinski definition) is 2. The largest absolute Gasteiger partial charge is 0.480 e. The molecule has 1 aromatic carbocycles. The van der Waals surface area contributed by atoms with Gasteiger partial charge in [0.05, 0.1) is 0 Å². The van der Waals surface area contributed by atoms with E-state index in [0.29, 0.717) is 12.2 Å². The van der Waals surface area contributed by atoms with Crippen LogP contribution in [0.1, 0.15) is 20.3 Å². The van der Waals surface area contributed by atoms with Gasteiger partial charge in [0.1, 0.15) is 11.8 Å². The molecule has 0 aromatic heterocycles. The lowest BCUT2D eigenvalue weighted by atomic mass is 10.0. The van der Waals surface area contributed by atoms with Crippen molar-refractivity contribution in [2.24, 2.45) is 5.92 Å². The predicted octanol–water partition coefficient (Wildman–Crippen LogP) is 2.19. The molecule has 1 rings (SSSR count). The zero-order valence-electron chi connectivity index (χ0n) is 11.6. The van der Waals surface area contributed by atoms with Crippen molar-refractivity contribution >= 4 is 11.9 Å². The highest BCUT2D eigenvalue weighted by Gasteiger charge is 2.22. The van der Waals surface area contributed by atoms with Crippen LogP contribution in [0.2, 0.25) is 0 Å². The van der Waals surface area contributed by atoms with Crippen LogP contribution in [0.4, 0.5) is 0 Å². The van der Waals surface area contributed by atoms with E-state index in [9.17, 15) is 9.59 Å². The number of rotatable bonds is 7. The number of aliphatic carboxylic acids is 1. The Hall–Kier alpha value is -2.30. The van der Waals surface area contributed by atoms with E-state index in [1.807, 2.05) is 19.9 Å². The molecule has 0 saturated carbocycles. The van der Waals surface area contributed by atoms with E-state index in [1.54, 1.807) is 24.3 Å². The van der Waals surface area contributed by atoms with Crippen molar-refractivity contribution in [2.75, 3.05) is 0 Å². The Morgan fingerprint density at radius 1 is 1.30 bits per heavy atom. The quantitative estimate of drug-likeness (QED) is 0.591. The fourth-order valence-corrected chi connectivity index (χ4v) is 1.61. The van der Waals surface area contributed by atoms with Gasteiger partial charge in [0.25, 0.3) is 5.91 Å². The molecule has 0 fully saturated rings. The van der Waals surface area contributed by atoms with Crippen LogP contribution in [0.25, 0.3) is 0 Å². The van der Waals surface area contributed by atoms with Crippen molar-refractivity contribution in [3.05, 3.63) is 42.7 Å². The SMILES string of the molecule is C=C(Oc1ccccc1)C(=O)NC(CC(C)C)C(=O)O. The monoisotopic (exact) mass is 277 g/mol. The van der Waals surface area contributed by atoms with Gasteiger partial charge in [-0.15, -0.1) is 0 Å². The van der Waals surface area contributed by atoms with Crippen molar-refractivity contribution in [3.63, 3.8) is 0 Å². The lowest BCUT2D eigenvalue weighted by molar-refractivity contribution is -0.142. The maximum Gasteiger partial charge on any atom is 0.326 e. The topological polar surface area (TPSA) is 75.6 Å². The van der Waals surface area contributed by atoms with Gasteiger partial charge in [0.15, 0.2) is 5.76 Å². The van der Waals surface area contributed by atoms with Crippen LogP contribution in [0.5, 0.6) is 5.75 Å². The number of amides is 1. The Bertz CT molecular complexity index is 482. The molecule has 2 N–H and O–H groups in total. The third kappa shape index (κ3) is 5.14. The van der Waals surface area contributed by atoms with Crippen LogP contribution < -0.4 is 10.1 Å². The first kappa shape index (κ1) is 15.8. The molecular formula is C15H19NO4. The Morgan fingerprint density at radius 2 is 1.90 bits per heavy atom. The Kier molecular flexibility index (Phi) is 5.77. The second-order valence-corrected chi connectivity index (χ2v) is 4.83. The van der Waals surface area contributed by atoms with Gasteiger partial charge in [0, 0.05) is 0 Å². The van der Waals surface area contributed by atoms with Crippen LogP contribution in [-0.2, 0) is 9.59 Å². The van der Waals surface area contributed by atoms with E-state index in [-0.39, 0.29) is 11.7 Å². The molecule has 5 nitrogen and oxygen atoms in total. The van der Waals surface area contributed by atoms with Crippen molar-refractivity contribution < 1.29 is 19.4 Å². The molecule has 1 aromatic rings. The van der Waals surface area contributed by atoms with Crippen molar-refractivity contribution in [3.8, 4) is 5.75 Å². The highest BCUT2D eigenvalue weighted by atomic mass is 16.5. The minimum atomic E-state index is -1.07. The molecule has 0 saturated heterocycles. The Labute approximate surface area is 118 Å². The number of ether oxygens (including phenoxy) is 1. The molecule has 1 atom stereocenters. The number of benzene rings is 1. The van der Waals surface area contributed by atoms with E-state index in [1.165, 1.54) is 0 Å². The van der Waals surface area contributed by atoms with Crippen molar-refractivity contribution in [1.29, 1.82) is 0 Å². The smallest absolute Gasteiger partial charge is 0.326 e. The number of carboxylic acids is 1. The molecule has 5 heteroatoms. The normalized spacial score (nSPS) is 11.8. The van der Waals surface area contributed by atoms with Gasteiger partial charge in [0.2, 0.25) is 0 Å². The van der Waals surface area contributed by atoms with Crippen LogP contribution in [0.3, 0.4) is 0 Å². The van der Waals surface area contributed by atoms with Crippen LogP contribution in [0.15, 0.2) is 42.7 Å². The molecule has 0 spiro atoms. The summed E-state index contributed by atoms with van der Waals surface area (Å²) in [6.45, 7) is 7.29. The average Bonchev–Trinajstić information content (AvgIpc) is 2.38. The molecule has 0 radical (unpaired) electrons. The van der Waals surface area contributed by atoms with Gasteiger partial charge in [-0.3, -0.25) is 4.79 Å². The third-order valence-corrected chi connectivity index (χ3v) is 2.55. The van der Waals surface area contributed by atoms with Gasteiger partial charge in [-0.2, -0.15) is 0 Å². The number of carboxylic acid groups (broad SMARTS) is 1. The zero-order valence-corrected chi connectivity index (χ0v) is 11.6. The highest BCUT2D eigenvalue weighted by Crippen LogP contribution is 2.12. The predicted molar refractivity (Wildman–Crippen MR) is 75.2 cm³/mol. The van der Waals surface area contributed by atoms with E-state index in [0.717, 1.165) is 0 Å². The maximum atomic E-state index is 11.8. The summed E-state index contributed by atoms with van der Waals surface area (Å²) in [5.74, 6) is -1.20. The number of carbonyl (C=O) groups is 2. The molecule has 1 amide bonds. The van der Waals surface area contributed by atoms with Gasteiger partial charge < -0.3 is 15.2 Å². The van der Waals surface area contributed by atoms with E-state index in [4.69, 9.17) is 9.84 Å². The number of hydrogen-bond acceptors (Lipinski definition) is 3. The van der Waals surface area contributed by atoms with Crippen LogP contribution in [0, 0.1) is 5.92 Å². The van der Waals surface area contributed by atoms with E-state index in [2.05, 4.69) is 11.9 Å². The van der Waals surface area contributed by atoms with Crippen molar-refractivity contribution in [2.45, 2.75) is 26.3 Å². The summed E-state index contributed by atoms with van der Waals surface area (Å²) < 4.78 is 5.26. The minimum Gasteiger partial charge on any atom is -0.480 e. The summed E-state index contributed by atoms with van der Waals surface area (Å²) in [5, 5.41) is 11.5. The molecule has 0 aliphatic heterocycles. The summed E-state index contributed by atoms with van der Waals surface area (Å²) >= 11 is 0. The first-order valence-electron chi connectivity index (χ1n) is 6.35. The van der Waals surface area contributed by atoms with Gasteiger partial charge >= 0.3 is 5.97 Å². The highest BCUT2D eigenvalue weighted by molar-refractivity contribution is 5.94. The summed E-state index contributed by atoms with van der Waals surface area (Å²) in [6.07, 6.45) is 0.347. The third-order valence-electron chi connectivity index (χ3n) is 2.55. The lowest BCUT2D eigenvalue weighted by Crippen LogP contribution is -2.42. The molecule has 1 unspecified atom stereocenters. The molecule has 0 aliphatic rings. The van der Waals surface area contributed by atoms with Gasteiger partial charge in [-0.1, -0.05) is 38.6 Å². The molecule has 20 heavy (non-hydrogen) atoms. The Morgan fingerprint density at radius 3 is 2.40 bits per heavy atom. The van der Waals surface area contributed by atoms with E-state index < -0.39 is 17.9 Å². The standard InChI is InChI=1S/C15H19NO4/c1-10(2)9-13(15(18)19)16-14(17)11(3)20-12-7-5-4-6-8-12/h4-8,10,13H,3,9H2,1-2H3,(H,16,17)(H,18,19). The molecule has 0 bridgehead atoms. The zero-order chi connectivity index (χ0) is 15.1. The molecular weight excluding hydrogens is 258 g/mol. The fraction of sp³-hybridized carbons (Fsp3) is 0.333. The number of nitrogens with one attached hydrogen (secondary N) is 1. The Balaban J connectivity index is 2.60. The summed E-state index contributed by atoms with van der Waals surface area (Å²) in [7, 11) is 0. The first-order valence-corrected chi connectivity index (χ1v) is 6.35. The average molecular weight is 277 g/mol. The number of carbonyl (C=O) groups excluding carboxylic acids is 1. The second kappa shape index (κ2) is 7.33. The van der Waals surface area contributed by atoms with Crippen molar-refractivity contribution in [1.82, 2.24) is 5.32 Å². The fourth-order valence-electron chi connectivity index (χ4n) is 1.61. The van der Waals surface area contributed by atoms with E-state index >= 15 is 0 Å². The summed E-state index contributed by atoms with van der Waals surface area (Å²) in [5.41, 5.74) is 0. The summed E-state index contributed by atoms with van der Waals surface area (Å²) in [6, 6.07) is 7.76. The maximum absolute atomic E-state index is 11.8. The second-order valence-electron chi connectivity index (χ2n) is 4.83. The van der Waals surface area contributed by atoms with Gasteiger partial charge in [-0.25, -0.2) is 4.79 Å². The van der Waals surface area contributed by atoms with Crippen LogP contribution >= 0.6 is 0 Å². The lowest BCUT2D eigenvalue weighted by Gasteiger charge is -2.17. The number of para-hydroxylation sites is 1. The molecule has 108 valence electrons. The van der Waals surface area contributed by atoms with Crippen LogP contribution in [-0.4, -0.2) is 23.0 Å². The minimum absolute atomic E-state index is 0.133. The first-order chi connectivity index (χ1) is 9.40.